The lowest BCUT2D eigenvalue weighted by atomic mass is 9.86. The Morgan fingerprint density at radius 1 is 1.09 bits per heavy atom. The second-order valence-corrected chi connectivity index (χ2v) is 9.03. The zero-order valence-electron chi connectivity index (χ0n) is 19.3. The number of hydrazine groups is 2. The van der Waals surface area contributed by atoms with E-state index in [4.69, 9.17) is 9.72 Å². The van der Waals surface area contributed by atoms with Gasteiger partial charge in [0.05, 0.1) is 33.9 Å². The predicted octanol–water partition coefficient (Wildman–Crippen LogP) is 4.38. The maximum Gasteiger partial charge on any atom is 0.224 e. The number of hydrogen-bond donors (Lipinski definition) is 2. The van der Waals surface area contributed by atoms with Crippen molar-refractivity contribution in [1.29, 1.82) is 0 Å². The summed E-state index contributed by atoms with van der Waals surface area (Å²) in [5.41, 5.74) is 12.8. The van der Waals surface area contributed by atoms with Crippen molar-refractivity contribution in [3.05, 3.63) is 77.6 Å². The third-order valence-corrected chi connectivity index (χ3v) is 7.01. The normalized spacial score (nSPS) is 18.1. The summed E-state index contributed by atoms with van der Waals surface area (Å²) in [6.07, 6.45) is 5.25. The number of benzene rings is 1. The lowest BCUT2D eigenvalue weighted by Gasteiger charge is -2.33. The van der Waals surface area contributed by atoms with Crippen LogP contribution in [-0.4, -0.2) is 39.8 Å². The molecule has 0 radical (unpaired) electrons. The molecule has 1 aromatic carbocycles. The molecule has 0 aliphatic carbocycles. The van der Waals surface area contributed by atoms with Crippen LogP contribution in [-0.2, 0) is 4.74 Å². The molecular weight excluding hydrogens is 431 g/mol. The van der Waals surface area contributed by atoms with Crippen LogP contribution in [0.1, 0.15) is 36.9 Å². The number of rotatable bonds is 4. The van der Waals surface area contributed by atoms with E-state index in [2.05, 4.69) is 50.8 Å². The molecule has 4 aromatic rings. The average molecular weight is 459 g/mol. The Kier molecular flexibility index (Phi) is 5.19. The first-order valence-corrected chi connectivity index (χ1v) is 11.7. The van der Waals surface area contributed by atoms with E-state index < -0.39 is 5.95 Å². The second-order valence-electron chi connectivity index (χ2n) is 9.03. The summed E-state index contributed by atoms with van der Waals surface area (Å²) >= 11 is 0. The molecule has 3 aromatic heterocycles. The summed E-state index contributed by atoms with van der Waals surface area (Å²) in [7, 11) is 1.96. The van der Waals surface area contributed by atoms with E-state index in [0.717, 1.165) is 54.0 Å². The quantitative estimate of drug-likeness (QED) is 0.443. The molecule has 0 spiro atoms. The molecule has 1 fully saturated rings. The van der Waals surface area contributed by atoms with Crippen LogP contribution in [0.3, 0.4) is 0 Å². The number of halogens is 1. The fourth-order valence-electron chi connectivity index (χ4n) is 5.49. The Morgan fingerprint density at radius 3 is 2.62 bits per heavy atom. The number of allylic oxidation sites excluding steroid dienone is 1. The van der Waals surface area contributed by atoms with Gasteiger partial charge in [-0.1, -0.05) is 30.3 Å². The van der Waals surface area contributed by atoms with Gasteiger partial charge in [-0.3, -0.25) is 9.99 Å². The number of fused-ring (bicyclic) bond motifs is 3. The highest BCUT2D eigenvalue weighted by atomic mass is 19.1. The molecule has 0 bridgehead atoms. The van der Waals surface area contributed by atoms with Crippen LogP contribution in [0.4, 0.5) is 4.39 Å². The van der Waals surface area contributed by atoms with Crippen LogP contribution in [0.25, 0.3) is 27.6 Å². The summed E-state index contributed by atoms with van der Waals surface area (Å²) in [6, 6.07) is 14.6. The van der Waals surface area contributed by atoms with E-state index in [1.807, 2.05) is 37.3 Å². The molecule has 2 N–H and O–H groups in total. The van der Waals surface area contributed by atoms with Crippen molar-refractivity contribution in [2.75, 3.05) is 20.3 Å². The van der Waals surface area contributed by atoms with E-state index in [-0.39, 0.29) is 6.04 Å². The summed E-state index contributed by atoms with van der Waals surface area (Å²) in [6.45, 7) is 3.49. The minimum atomic E-state index is -0.489. The van der Waals surface area contributed by atoms with E-state index in [9.17, 15) is 0 Å². The fourth-order valence-corrected chi connectivity index (χ4v) is 5.49. The van der Waals surface area contributed by atoms with E-state index in [1.54, 1.807) is 6.20 Å². The Morgan fingerprint density at radius 2 is 1.88 bits per heavy atom. The van der Waals surface area contributed by atoms with Crippen molar-refractivity contribution in [1.82, 2.24) is 30.5 Å². The minimum absolute atomic E-state index is 0.0246. The van der Waals surface area contributed by atoms with Gasteiger partial charge < -0.3 is 14.7 Å². The van der Waals surface area contributed by atoms with Crippen molar-refractivity contribution in [3.8, 4) is 0 Å². The third-order valence-electron chi connectivity index (χ3n) is 7.01. The van der Waals surface area contributed by atoms with Gasteiger partial charge in [0, 0.05) is 38.2 Å². The number of nitrogens with one attached hydrogen (secondary N) is 2. The molecule has 6 rings (SSSR count). The number of nitrogens with zero attached hydrogens (tertiary/aromatic N) is 4. The van der Waals surface area contributed by atoms with Crippen LogP contribution < -0.4 is 11.0 Å². The van der Waals surface area contributed by atoms with Crippen molar-refractivity contribution >= 4 is 27.6 Å². The number of aromatic nitrogens is 3. The van der Waals surface area contributed by atoms with Crippen molar-refractivity contribution in [2.45, 2.75) is 25.8 Å². The molecule has 34 heavy (non-hydrogen) atoms. The highest BCUT2D eigenvalue weighted by Crippen LogP contribution is 2.41. The first-order chi connectivity index (χ1) is 16.6. The van der Waals surface area contributed by atoms with Gasteiger partial charge >= 0.3 is 0 Å². The van der Waals surface area contributed by atoms with Gasteiger partial charge in [-0.25, -0.2) is 4.98 Å². The van der Waals surface area contributed by atoms with Gasteiger partial charge in [-0.05, 0) is 43.4 Å². The Balaban J connectivity index is 1.66. The highest BCUT2D eigenvalue weighted by molar-refractivity contribution is 6.06. The number of ether oxygens (including phenoxy) is 1. The largest absolute Gasteiger partial charge is 0.381 e. The van der Waals surface area contributed by atoms with Crippen LogP contribution in [0.2, 0.25) is 0 Å². The average Bonchev–Trinajstić information content (AvgIpc) is 3.37. The molecule has 2 aliphatic rings. The SMILES string of the molecule is CC1=C(c2cnc3c4c(F)nccc4n([C@H](c4ccccc4)C4CCOCC4)c3c2)N(C)NN1. The molecule has 0 amide bonds. The van der Waals surface area contributed by atoms with Gasteiger partial charge in [-0.15, -0.1) is 5.53 Å². The zero-order valence-corrected chi connectivity index (χ0v) is 19.3. The molecule has 7 nitrogen and oxygen atoms in total. The Bertz CT molecular complexity index is 1390. The molecule has 1 atom stereocenters. The van der Waals surface area contributed by atoms with Crippen LogP contribution in [0.15, 0.2) is 60.6 Å². The lowest BCUT2D eigenvalue weighted by Crippen LogP contribution is -2.34. The Hall–Kier alpha value is -3.49. The summed E-state index contributed by atoms with van der Waals surface area (Å²) in [4.78, 5) is 8.75. The molecular formula is C26H27FN6O. The molecule has 5 heterocycles. The van der Waals surface area contributed by atoms with Crippen molar-refractivity contribution < 1.29 is 9.13 Å². The highest BCUT2D eigenvalue weighted by Gasteiger charge is 2.31. The molecule has 8 heteroatoms. The zero-order chi connectivity index (χ0) is 23.2. The summed E-state index contributed by atoms with van der Waals surface area (Å²) in [5.74, 6) is -0.134. The van der Waals surface area contributed by atoms with Crippen LogP contribution in [0, 0.1) is 11.9 Å². The fraction of sp³-hybridized carbons (Fsp3) is 0.308. The lowest BCUT2D eigenvalue weighted by molar-refractivity contribution is 0.0553. The van der Waals surface area contributed by atoms with E-state index in [0.29, 0.717) is 16.8 Å². The minimum Gasteiger partial charge on any atom is -0.381 e. The van der Waals surface area contributed by atoms with E-state index >= 15 is 4.39 Å². The van der Waals surface area contributed by atoms with Crippen molar-refractivity contribution in [2.24, 2.45) is 5.92 Å². The van der Waals surface area contributed by atoms with Crippen LogP contribution in [0.5, 0.6) is 0 Å². The molecule has 0 unspecified atom stereocenters. The maximum atomic E-state index is 15.1. The Labute approximate surface area is 197 Å². The summed E-state index contributed by atoms with van der Waals surface area (Å²) < 4.78 is 23.1. The standard InChI is InChI=1S/C26H27FN6O/c1-16-24(32(2)31-30-16)19-14-21-23(29-15-19)22-20(8-11-28-26(22)27)33(21)25(17-6-4-3-5-7-17)18-9-12-34-13-10-18/h3-8,11,14-15,18,25,30-31H,9-10,12-13H2,1-2H3/t25-/m1/s1. The summed E-state index contributed by atoms with van der Waals surface area (Å²) in [5, 5.41) is 2.40. The smallest absolute Gasteiger partial charge is 0.224 e. The van der Waals surface area contributed by atoms with Gasteiger partial charge in [-0.2, -0.15) is 4.39 Å². The predicted molar refractivity (Wildman–Crippen MR) is 130 cm³/mol. The molecule has 0 saturated carbocycles. The number of pyridine rings is 2. The molecule has 174 valence electrons. The van der Waals surface area contributed by atoms with Crippen LogP contribution >= 0.6 is 0 Å². The van der Waals surface area contributed by atoms with Gasteiger partial charge in [0.15, 0.2) is 0 Å². The molecule has 1 saturated heterocycles. The van der Waals surface area contributed by atoms with Gasteiger partial charge in [0.2, 0.25) is 5.95 Å². The molecule has 2 aliphatic heterocycles. The number of hydrogen-bond acceptors (Lipinski definition) is 6. The first-order valence-electron chi connectivity index (χ1n) is 11.7. The monoisotopic (exact) mass is 458 g/mol. The first kappa shape index (κ1) is 21.1. The van der Waals surface area contributed by atoms with Gasteiger partial charge in [0.25, 0.3) is 0 Å². The van der Waals surface area contributed by atoms with Crippen molar-refractivity contribution in [3.63, 3.8) is 0 Å². The maximum absolute atomic E-state index is 15.1. The second kappa shape index (κ2) is 8.38. The third kappa shape index (κ3) is 3.33. The topological polar surface area (TPSA) is 67.2 Å². The van der Waals surface area contributed by atoms with E-state index in [1.165, 1.54) is 5.56 Å². The van der Waals surface area contributed by atoms with Gasteiger partial charge in [0.1, 0.15) is 5.52 Å².